The Morgan fingerprint density at radius 1 is 1.28 bits per heavy atom. The van der Waals surface area contributed by atoms with Crippen molar-refractivity contribution < 1.29 is 13.2 Å². The first-order valence-corrected chi connectivity index (χ1v) is 7.99. The van der Waals surface area contributed by atoms with Crippen LogP contribution >= 0.6 is 27.3 Å². The second-order valence-corrected chi connectivity index (χ2v) is 7.05. The Bertz CT molecular complexity index is 679. The van der Waals surface area contributed by atoms with Gasteiger partial charge in [0.15, 0.2) is 4.21 Å². The van der Waals surface area contributed by atoms with Gasteiger partial charge in [-0.05, 0) is 39.5 Å². The number of anilines is 1. The van der Waals surface area contributed by atoms with E-state index < -0.39 is 10.0 Å². The van der Waals surface area contributed by atoms with Crippen molar-refractivity contribution in [3.63, 3.8) is 0 Å². The summed E-state index contributed by atoms with van der Waals surface area (Å²) in [5.41, 5.74) is 0.778. The van der Waals surface area contributed by atoms with E-state index in [4.69, 9.17) is 0 Å². The molecule has 1 aromatic heterocycles. The number of halogens is 1. The van der Waals surface area contributed by atoms with Gasteiger partial charge >= 0.3 is 0 Å². The summed E-state index contributed by atoms with van der Waals surface area (Å²) in [5.74, 6) is 0. The van der Waals surface area contributed by atoms with Crippen LogP contribution in [0.15, 0.2) is 44.4 Å². The molecule has 1 aromatic carbocycles. The monoisotopic (exact) mass is 345 g/mol. The molecule has 1 N–H and O–H groups in total. The minimum absolute atomic E-state index is 0.207. The molecule has 0 unspecified atom stereocenters. The van der Waals surface area contributed by atoms with Crippen molar-refractivity contribution in [2.45, 2.75) is 4.21 Å². The first kappa shape index (κ1) is 13.3. The lowest BCUT2D eigenvalue weighted by Crippen LogP contribution is -2.12. The van der Waals surface area contributed by atoms with Gasteiger partial charge in [-0.15, -0.1) is 11.3 Å². The molecule has 0 spiro atoms. The molecular formula is C11H8BrNO3S2. The van der Waals surface area contributed by atoms with E-state index in [1.807, 2.05) is 0 Å². The second-order valence-electron chi connectivity index (χ2n) is 3.40. The van der Waals surface area contributed by atoms with Crippen molar-refractivity contribution in [3.05, 3.63) is 45.7 Å². The lowest BCUT2D eigenvalue weighted by Gasteiger charge is -2.07. The lowest BCUT2D eigenvalue weighted by atomic mass is 10.2. The molecule has 0 fully saturated rings. The number of carbonyl (C=O) groups excluding carboxylic acids is 1. The molecule has 0 saturated carbocycles. The van der Waals surface area contributed by atoms with Gasteiger partial charge in [-0.3, -0.25) is 9.52 Å². The Hall–Kier alpha value is -1.18. The third-order valence-corrected chi connectivity index (χ3v) is 6.15. The highest BCUT2D eigenvalue weighted by atomic mass is 79.9. The molecule has 94 valence electrons. The topological polar surface area (TPSA) is 63.2 Å². The maximum atomic E-state index is 12.1. The van der Waals surface area contributed by atoms with E-state index in [0.29, 0.717) is 22.0 Å². The normalized spacial score (nSPS) is 11.2. The van der Waals surface area contributed by atoms with E-state index in [0.717, 1.165) is 11.3 Å². The molecule has 18 heavy (non-hydrogen) atoms. The van der Waals surface area contributed by atoms with Crippen molar-refractivity contribution in [3.8, 4) is 0 Å². The molecule has 0 radical (unpaired) electrons. The zero-order chi connectivity index (χ0) is 13.2. The quantitative estimate of drug-likeness (QED) is 0.865. The third kappa shape index (κ3) is 2.80. The Kier molecular flexibility index (Phi) is 3.84. The minimum atomic E-state index is -3.62. The lowest BCUT2D eigenvalue weighted by molar-refractivity contribution is 0.112. The maximum Gasteiger partial charge on any atom is 0.272 e. The van der Waals surface area contributed by atoms with Crippen LogP contribution in [0.25, 0.3) is 0 Å². The second kappa shape index (κ2) is 5.21. The largest absolute Gasteiger partial charge is 0.298 e. The summed E-state index contributed by atoms with van der Waals surface area (Å²) in [7, 11) is -3.62. The van der Waals surface area contributed by atoms with E-state index in [2.05, 4.69) is 20.7 Å². The molecule has 0 saturated heterocycles. The molecule has 0 atom stereocenters. The van der Waals surface area contributed by atoms with Crippen LogP contribution in [0.5, 0.6) is 0 Å². The molecule has 0 aliphatic heterocycles. The number of sulfonamides is 1. The number of rotatable bonds is 4. The Labute approximate surface area is 117 Å². The van der Waals surface area contributed by atoms with Crippen LogP contribution in [0.1, 0.15) is 10.4 Å². The van der Waals surface area contributed by atoms with Crippen LogP contribution in [-0.2, 0) is 10.0 Å². The summed E-state index contributed by atoms with van der Waals surface area (Å²) in [6.45, 7) is 0. The van der Waals surface area contributed by atoms with Gasteiger partial charge < -0.3 is 0 Å². The van der Waals surface area contributed by atoms with Crippen molar-refractivity contribution in [2.24, 2.45) is 0 Å². The van der Waals surface area contributed by atoms with Gasteiger partial charge in [0.1, 0.15) is 6.29 Å². The third-order valence-electron chi connectivity index (χ3n) is 2.10. The molecule has 1 heterocycles. The molecular weight excluding hydrogens is 338 g/mol. The van der Waals surface area contributed by atoms with E-state index >= 15 is 0 Å². The average Bonchev–Trinajstić information content (AvgIpc) is 2.76. The molecule has 2 aromatic rings. The number of thiophene rings is 1. The fraction of sp³-hybridized carbons (Fsp3) is 0. The number of carbonyl (C=O) groups is 1. The van der Waals surface area contributed by atoms with Gasteiger partial charge in [0.2, 0.25) is 0 Å². The van der Waals surface area contributed by atoms with Gasteiger partial charge in [0.25, 0.3) is 10.0 Å². The van der Waals surface area contributed by atoms with Gasteiger partial charge in [-0.2, -0.15) is 0 Å². The van der Waals surface area contributed by atoms with E-state index in [-0.39, 0.29) is 4.21 Å². The summed E-state index contributed by atoms with van der Waals surface area (Å²) in [4.78, 5) is 10.6. The van der Waals surface area contributed by atoms with Gasteiger partial charge in [0, 0.05) is 15.7 Å². The molecule has 4 nitrogen and oxygen atoms in total. The average molecular weight is 346 g/mol. The summed E-state index contributed by atoms with van der Waals surface area (Å²) in [6, 6.07) is 7.95. The zero-order valence-corrected chi connectivity index (χ0v) is 12.2. The Morgan fingerprint density at radius 2 is 2.06 bits per heavy atom. The Balaban J connectivity index is 2.33. The SMILES string of the molecule is O=Cc1cccc(NS(=O)(=O)c2sccc2Br)c1. The smallest absolute Gasteiger partial charge is 0.272 e. The van der Waals surface area contributed by atoms with E-state index in [9.17, 15) is 13.2 Å². The molecule has 7 heteroatoms. The maximum absolute atomic E-state index is 12.1. The highest BCUT2D eigenvalue weighted by molar-refractivity contribution is 9.10. The number of hydrogen-bond acceptors (Lipinski definition) is 4. The summed E-state index contributed by atoms with van der Waals surface area (Å²) >= 11 is 4.30. The first-order chi connectivity index (χ1) is 8.53. The van der Waals surface area contributed by atoms with Crippen LogP contribution in [0.3, 0.4) is 0 Å². The van der Waals surface area contributed by atoms with Crippen LogP contribution in [-0.4, -0.2) is 14.7 Å². The molecule has 0 aliphatic carbocycles. The van der Waals surface area contributed by atoms with Gasteiger partial charge in [0.05, 0.1) is 0 Å². The zero-order valence-electron chi connectivity index (χ0n) is 8.96. The first-order valence-electron chi connectivity index (χ1n) is 4.84. The number of nitrogens with one attached hydrogen (secondary N) is 1. The minimum Gasteiger partial charge on any atom is -0.298 e. The standard InChI is InChI=1S/C11H8BrNO3S2/c12-10-4-5-17-11(10)18(15,16)13-9-3-1-2-8(6-9)7-14/h1-7,13H. The van der Waals surface area contributed by atoms with Crippen LogP contribution in [0.2, 0.25) is 0 Å². The number of benzene rings is 1. The van der Waals surface area contributed by atoms with Crippen molar-refractivity contribution in [2.75, 3.05) is 4.72 Å². The van der Waals surface area contributed by atoms with Crippen molar-refractivity contribution in [1.82, 2.24) is 0 Å². The summed E-state index contributed by atoms with van der Waals surface area (Å²) < 4.78 is 27.3. The fourth-order valence-electron chi connectivity index (χ4n) is 1.35. The van der Waals surface area contributed by atoms with Crippen LogP contribution in [0.4, 0.5) is 5.69 Å². The highest BCUT2D eigenvalue weighted by Gasteiger charge is 2.19. The highest BCUT2D eigenvalue weighted by Crippen LogP contribution is 2.29. The molecule has 0 bridgehead atoms. The summed E-state index contributed by atoms with van der Waals surface area (Å²) in [6.07, 6.45) is 0.666. The predicted octanol–water partition coefficient (Wildman–Crippen LogP) is 3.12. The van der Waals surface area contributed by atoms with Crippen molar-refractivity contribution in [1.29, 1.82) is 0 Å². The predicted molar refractivity (Wildman–Crippen MR) is 74.7 cm³/mol. The van der Waals surface area contributed by atoms with Gasteiger partial charge in [-0.1, -0.05) is 12.1 Å². The van der Waals surface area contributed by atoms with E-state index in [1.54, 1.807) is 29.6 Å². The van der Waals surface area contributed by atoms with Crippen molar-refractivity contribution >= 4 is 49.3 Å². The number of aldehydes is 1. The molecule has 0 aliphatic rings. The van der Waals surface area contributed by atoms with Crippen LogP contribution < -0.4 is 4.72 Å². The molecule has 0 amide bonds. The number of hydrogen-bond donors (Lipinski definition) is 1. The van der Waals surface area contributed by atoms with Crippen LogP contribution in [0, 0.1) is 0 Å². The summed E-state index contributed by atoms with van der Waals surface area (Å²) in [5, 5.41) is 1.68. The molecule has 2 rings (SSSR count). The van der Waals surface area contributed by atoms with E-state index in [1.165, 1.54) is 6.07 Å². The fourth-order valence-corrected chi connectivity index (χ4v) is 4.74. The van der Waals surface area contributed by atoms with Gasteiger partial charge in [-0.25, -0.2) is 8.42 Å². The Morgan fingerprint density at radius 3 is 2.67 bits per heavy atom.